The monoisotopic (exact) mass is 523 g/mol. The number of methoxy groups -OCH3 is 2. The fourth-order valence-corrected chi connectivity index (χ4v) is 3.87. The zero-order valence-corrected chi connectivity index (χ0v) is 22.6. The van der Waals surface area contributed by atoms with E-state index >= 15 is 0 Å². The Labute approximate surface area is 222 Å². The lowest BCUT2D eigenvalue weighted by atomic mass is 10.2. The number of ether oxygens (including phenoxy) is 4. The summed E-state index contributed by atoms with van der Waals surface area (Å²) >= 11 is 0. The second-order valence-corrected chi connectivity index (χ2v) is 9.62. The first-order valence-corrected chi connectivity index (χ1v) is 12.2. The van der Waals surface area contributed by atoms with E-state index in [9.17, 15) is 14.9 Å². The highest BCUT2D eigenvalue weighted by atomic mass is 16.6. The molecule has 0 bridgehead atoms. The first-order valence-electron chi connectivity index (χ1n) is 12.2. The second kappa shape index (κ2) is 12.2. The van der Waals surface area contributed by atoms with Gasteiger partial charge in [0.05, 0.1) is 26.8 Å². The summed E-state index contributed by atoms with van der Waals surface area (Å²) in [4.78, 5) is 25.4. The van der Waals surface area contributed by atoms with Gasteiger partial charge in [-0.2, -0.15) is 10.4 Å². The number of nitrogens with one attached hydrogen (secondary N) is 1. The number of likely N-dealkylation sites (tertiary alicyclic amines) is 1. The van der Waals surface area contributed by atoms with Crippen molar-refractivity contribution in [2.75, 3.05) is 45.8 Å². The van der Waals surface area contributed by atoms with Gasteiger partial charge in [-0.05, 0) is 45.2 Å². The molecule has 0 aliphatic carbocycles. The molecule has 1 aliphatic rings. The average Bonchev–Trinajstić information content (AvgIpc) is 3.48. The average molecular weight is 524 g/mol. The van der Waals surface area contributed by atoms with Crippen LogP contribution in [0.15, 0.2) is 18.2 Å². The molecule has 0 radical (unpaired) electrons. The Balaban J connectivity index is 1.94. The number of benzene rings is 1. The molecule has 0 spiro atoms. The lowest BCUT2D eigenvalue weighted by molar-refractivity contribution is -0.140. The summed E-state index contributed by atoms with van der Waals surface area (Å²) in [6.07, 6.45) is 0.216. The summed E-state index contributed by atoms with van der Waals surface area (Å²) in [5, 5.41) is 17.8. The van der Waals surface area contributed by atoms with Gasteiger partial charge in [-0.25, -0.2) is 9.48 Å². The first kappa shape index (κ1) is 28.2. The van der Waals surface area contributed by atoms with Crippen molar-refractivity contribution in [3.8, 4) is 29.4 Å². The summed E-state index contributed by atoms with van der Waals surface area (Å²) in [5.74, 6) is 7.24. The minimum Gasteiger partial charge on any atom is -0.497 e. The van der Waals surface area contributed by atoms with Gasteiger partial charge < -0.3 is 29.2 Å². The van der Waals surface area contributed by atoms with E-state index in [1.165, 1.54) is 6.92 Å². The number of aromatic nitrogens is 2. The Hall–Kier alpha value is -4.38. The van der Waals surface area contributed by atoms with Gasteiger partial charge in [0.25, 0.3) is 0 Å². The lowest BCUT2D eigenvalue weighted by Gasteiger charge is -2.24. The van der Waals surface area contributed by atoms with Crippen molar-refractivity contribution in [3.05, 3.63) is 35.0 Å². The molecule has 3 rings (SSSR count). The van der Waals surface area contributed by atoms with Crippen LogP contribution in [0.25, 0.3) is 0 Å². The Morgan fingerprint density at radius 3 is 2.42 bits per heavy atom. The minimum atomic E-state index is -0.607. The largest absolute Gasteiger partial charge is 0.497 e. The molecule has 1 aromatic heterocycles. The number of carbonyl (C=O) groups is 2. The third kappa shape index (κ3) is 7.32. The van der Waals surface area contributed by atoms with E-state index in [4.69, 9.17) is 18.9 Å². The summed E-state index contributed by atoms with van der Waals surface area (Å²) in [7, 11) is 3.11. The molecular formula is C27H33N5O6. The molecule has 0 unspecified atom stereocenters. The standard InChI is InChI=1S/C27H33N5O6/c1-18(33)37-12-10-29-25-23(16-28)24(8-7-19-13-21(35-5)15-22(14-19)36-6)30-32(25)20-9-11-31(17-20)26(34)38-27(2,3)4/h13-15,20,29H,9-12,17H2,1-6H3/t20-/m0/s1. The molecule has 1 saturated heterocycles. The van der Waals surface area contributed by atoms with Crippen LogP contribution in [0.1, 0.15) is 57.0 Å². The number of esters is 1. The quantitative estimate of drug-likeness (QED) is 0.330. The number of rotatable bonds is 7. The molecular weight excluding hydrogens is 490 g/mol. The summed E-state index contributed by atoms with van der Waals surface area (Å²) in [5.41, 5.74) is 0.552. The maximum absolute atomic E-state index is 12.6. The van der Waals surface area contributed by atoms with E-state index in [0.29, 0.717) is 42.4 Å². The van der Waals surface area contributed by atoms with Crippen LogP contribution >= 0.6 is 0 Å². The Bertz CT molecular complexity index is 1260. The van der Waals surface area contributed by atoms with Crippen LogP contribution in [0.2, 0.25) is 0 Å². The van der Waals surface area contributed by atoms with Gasteiger partial charge in [-0.15, -0.1) is 0 Å². The zero-order valence-electron chi connectivity index (χ0n) is 22.6. The molecule has 1 aromatic carbocycles. The van der Waals surface area contributed by atoms with E-state index in [-0.39, 0.29) is 30.5 Å². The SMILES string of the molecule is COc1cc(C#Cc2nn([C@H]3CCN(C(=O)OC(C)(C)C)C3)c(NCCOC(C)=O)c2C#N)cc(OC)c1. The normalized spacial score (nSPS) is 14.7. The minimum absolute atomic E-state index is 0.116. The van der Waals surface area contributed by atoms with Crippen molar-refractivity contribution in [2.24, 2.45) is 0 Å². The van der Waals surface area contributed by atoms with Gasteiger partial charge in [0.15, 0.2) is 5.69 Å². The van der Waals surface area contributed by atoms with Crippen molar-refractivity contribution in [1.29, 1.82) is 5.26 Å². The summed E-state index contributed by atoms with van der Waals surface area (Å²) in [6.45, 7) is 8.01. The van der Waals surface area contributed by atoms with Crippen LogP contribution < -0.4 is 14.8 Å². The summed E-state index contributed by atoms with van der Waals surface area (Å²) < 4.78 is 22.8. The molecule has 202 valence electrons. The van der Waals surface area contributed by atoms with Crippen LogP contribution in [-0.4, -0.2) is 72.8 Å². The molecule has 0 saturated carbocycles. The van der Waals surface area contributed by atoms with Gasteiger partial charge >= 0.3 is 12.1 Å². The predicted molar refractivity (Wildman–Crippen MR) is 139 cm³/mol. The highest BCUT2D eigenvalue weighted by Crippen LogP contribution is 2.30. The van der Waals surface area contributed by atoms with Crippen LogP contribution in [0, 0.1) is 23.2 Å². The first-order chi connectivity index (χ1) is 18.0. The zero-order chi connectivity index (χ0) is 27.9. The third-order valence-electron chi connectivity index (χ3n) is 5.56. The highest BCUT2D eigenvalue weighted by Gasteiger charge is 2.33. The Morgan fingerprint density at radius 1 is 1.16 bits per heavy atom. The fourth-order valence-electron chi connectivity index (χ4n) is 3.87. The lowest BCUT2D eigenvalue weighted by Crippen LogP contribution is -2.35. The van der Waals surface area contributed by atoms with E-state index in [1.807, 2.05) is 20.8 Å². The smallest absolute Gasteiger partial charge is 0.410 e. The third-order valence-corrected chi connectivity index (χ3v) is 5.56. The Morgan fingerprint density at radius 2 is 1.84 bits per heavy atom. The Kier molecular flexibility index (Phi) is 9.08. The van der Waals surface area contributed by atoms with Crippen LogP contribution in [0.4, 0.5) is 10.6 Å². The van der Waals surface area contributed by atoms with Gasteiger partial charge in [-0.1, -0.05) is 5.92 Å². The molecule has 1 atom stereocenters. The molecule has 1 aliphatic heterocycles. The second-order valence-electron chi connectivity index (χ2n) is 9.62. The maximum Gasteiger partial charge on any atom is 0.410 e. The highest BCUT2D eigenvalue weighted by molar-refractivity contribution is 5.69. The number of amides is 1. The van der Waals surface area contributed by atoms with E-state index < -0.39 is 17.7 Å². The van der Waals surface area contributed by atoms with Crippen molar-refractivity contribution in [3.63, 3.8) is 0 Å². The molecule has 1 N–H and O–H groups in total. The molecule has 1 amide bonds. The number of nitrogens with zero attached hydrogens (tertiary/aromatic N) is 4. The number of carbonyl (C=O) groups excluding carboxylic acids is 2. The van der Waals surface area contributed by atoms with Crippen molar-refractivity contribution >= 4 is 17.9 Å². The van der Waals surface area contributed by atoms with Gasteiger partial charge in [-0.3, -0.25) is 4.79 Å². The maximum atomic E-state index is 12.6. The molecule has 2 heterocycles. The fraction of sp³-hybridized carbons (Fsp3) is 0.481. The van der Waals surface area contributed by atoms with Crippen molar-refractivity contribution in [2.45, 2.75) is 45.8 Å². The molecule has 2 aromatic rings. The topological polar surface area (TPSA) is 128 Å². The molecule has 11 heteroatoms. The van der Waals surface area contributed by atoms with E-state index in [0.717, 1.165) is 0 Å². The van der Waals surface area contributed by atoms with Crippen LogP contribution in [-0.2, 0) is 14.3 Å². The van der Waals surface area contributed by atoms with Crippen LogP contribution in [0.3, 0.4) is 0 Å². The number of hydrogen-bond acceptors (Lipinski definition) is 9. The van der Waals surface area contributed by atoms with Gasteiger partial charge in [0.2, 0.25) is 0 Å². The molecule has 11 nitrogen and oxygen atoms in total. The van der Waals surface area contributed by atoms with Gasteiger partial charge in [0.1, 0.15) is 41.2 Å². The number of nitriles is 1. The van der Waals surface area contributed by atoms with Crippen molar-refractivity contribution < 1.29 is 28.5 Å². The molecule has 38 heavy (non-hydrogen) atoms. The van der Waals surface area contributed by atoms with Gasteiger partial charge in [0, 0.05) is 31.6 Å². The predicted octanol–water partition coefficient (Wildman–Crippen LogP) is 3.33. The number of anilines is 1. The van der Waals surface area contributed by atoms with Crippen molar-refractivity contribution in [1.82, 2.24) is 14.7 Å². The van der Waals surface area contributed by atoms with E-state index in [1.54, 1.807) is 42.0 Å². The summed E-state index contributed by atoms with van der Waals surface area (Å²) in [6, 6.07) is 7.23. The van der Waals surface area contributed by atoms with Crippen LogP contribution in [0.5, 0.6) is 11.5 Å². The van der Waals surface area contributed by atoms with E-state index in [2.05, 4.69) is 28.3 Å². The number of hydrogen-bond donors (Lipinski definition) is 1. The molecule has 1 fully saturated rings.